The van der Waals surface area contributed by atoms with Crippen LogP contribution in [0.25, 0.3) is 5.65 Å². The number of hydrogen-bond donors (Lipinski definition) is 1. The Balaban J connectivity index is 1.64. The number of carbonyl (C=O) groups is 1. The van der Waals surface area contributed by atoms with Gasteiger partial charge in [-0.15, -0.1) is 0 Å². The molecule has 0 aliphatic carbocycles. The Kier molecular flexibility index (Phi) is 4.41. The van der Waals surface area contributed by atoms with Gasteiger partial charge in [-0.3, -0.25) is 9.78 Å². The molecule has 1 fully saturated rings. The first-order valence-corrected chi connectivity index (χ1v) is 10.2. The number of anilines is 1. The van der Waals surface area contributed by atoms with Gasteiger partial charge in [0.25, 0.3) is 5.91 Å². The number of carbonyl (C=O) groups excluding carboxylic acids is 1. The van der Waals surface area contributed by atoms with Crippen molar-refractivity contribution in [1.29, 1.82) is 0 Å². The first-order valence-electron chi connectivity index (χ1n) is 10.2. The van der Waals surface area contributed by atoms with E-state index in [2.05, 4.69) is 15.3 Å². The highest BCUT2D eigenvalue weighted by atomic mass is 19.1. The first-order chi connectivity index (χ1) is 14.1. The largest absolute Gasteiger partial charge is 0.349 e. The smallest absolute Gasteiger partial charge is 0.256 e. The van der Waals surface area contributed by atoms with Gasteiger partial charge in [0, 0.05) is 24.5 Å². The van der Waals surface area contributed by atoms with Gasteiger partial charge in [0.15, 0.2) is 5.65 Å². The van der Waals surface area contributed by atoms with Crippen LogP contribution < -0.4 is 10.2 Å². The van der Waals surface area contributed by atoms with E-state index in [1.54, 1.807) is 16.8 Å². The van der Waals surface area contributed by atoms with E-state index >= 15 is 0 Å². The summed E-state index contributed by atoms with van der Waals surface area (Å²) in [6.07, 6.45) is 7.54. The van der Waals surface area contributed by atoms with Gasteiger partial charge in [0.1, 0.15) is 17.2 Å². The van der Waals surface area contributed by atoms with Crippen LogP contribution in [0.2, 0.25) is 0 Å². The van der Waals surface area contributed by atoms with Crippen molar-refractivity contribution in [2.24, 2.45) is 0 Å². The lowest BCUT2D eigenvalue weighted by Gasteiger charge is -2.25. The summed E-state index contributed by atoms with van der Waals surface area (Å²) in [4.78, 5) is 24.5. The zero-order chi connectivity index (χ0) is 20.0. The van der Waals surface area contributed by atoms with Crippen LogP contribution in [0.15, 0.2) is 30.6 Å². The minimum absolute atomic E-state index is 0.0121. The van der Waals surface area contributed by atoms with Crippen molar-refractivity contribution < 1.29 is 9.18 Å². The van der Waals surface area contributed by atoms with Gasteiger partial charge in [-0.1, -0.05) is 0 Å². The van der Waals surface area contributed by atoms with Gasteiger partial charge in [0.2, 0.25) is 0 Å². The highest BCUT2D eigenvalue weighted by Crippen LogP contribution is 2.35. The number of amides is 1. The molecule has 0 spiro atoms. The molecule has 0 unspecified atom stereocenters. The molecular formula is C21H23FN6O. The second-order valence-electron chi connectivity index (χ2n) is 7.93. The number of nitrogens with one attached hydrogen (secondary N) is 1. The van der Waals surface area contributed by atoms with E-state index < -0.39 is 0 Å². The summed E-state index contributed by atoms with van der Waals surface area (Å²) in [6, 6.07) is 4.92. The quantitative estimate of drug-likeness (QED) is 0.634. The number of aromatic nitrogens is 4. The third-order valence-corrected chi connectivity index (χ3v) is 5.80. The van der Waals surface area contributed by atoms with E-state index in [9.17, 15) is 9.18 Å². The third kappa shape index (κ3) is 3.32. The molecule has 1 N–H and O–H groups in total. The molecular weight excluding hydrogens is 371 g/mol. The fraction of sp³-hybridized carbons (Fsp3) is 0.429. The molecule has 2 aliphatic heterocycles. The Morgan fingerprint density at radius 3 is 3.00 bits per heavy atom. The Hall–Kier alpha value is -3.03. The Morgan fingerprint density at radius 1 is 1.21 bits per heavy atom. The highest BCUT2D eigenvalue weighted by Gasteiger charge is 2.30. The molecule has 3 aromatic rings. The second-order valence-corrected chi connectivity index (χ2v) is 7.93. The van der Waals surface area contributed by atoms with E-state index in [-0.39, 0.29) is 23.8 Å². The van der Waals surface area contributed by atoms with E-state index in [1.165, 1.54) is 6.07 Å². The number of hydrogen-bond acceptors (Lipinski definition) is 5. The van der Waals surface area contributed by atoms with Crippen molar-refractivity contribution in [3.8, 4) is 0 Å². The molecule has 4 bridgehead atoms. The summed E-state index contributed by atoms with van der Waals surface area (Å²) < 4.78 is 16.0. The van der Waals surface area contributed by atoms with Crippen molar-refractivity contribution >= 4 is 17.4 Å². The first kappa shape index (κ1) is 18.0. The predicted octanol–water partition coefficient (Wildman–Crippen LogP) is 3.06. The molecule has 8 heteroatoms. The molecule has 5 heterocycles. The Bertz CT molecular complexity index is 1080. The number of rotatable bonds is 0. The Labute approximate surface area is 168 Å². The summed E-state index contributed by atoms with van der Waals surface area (Å²) in [5.74, 6) is 0.337. The van der Waals surface area contributed by atoms with Crippen LogP contribution in [0.4, 0.5) is 10.2 Å². The standard InChI is InChI=1S/C21H23FN6O/c1-13-4-2-5-15-10-14(22)11-17(25-15)18-6-3-8-27(18)19-7-9-28-20(26-19)16(12-23-28)21(29)24-13/h7,9-13,18H,2-6,8H2,1H3,(H,24,29)/t13-,18+/m0/s1. The van der Waals surface area contributed by atoms with Gasteiger partial charge in [0.05, 0.1) is 17.9 Å². The molecule has 2 atom stereocenters. The van der Waals surface area contributed by atoms with Crippen LogP contribution in [0.1, 0.15) is 60.4 Å². The molecule has 0 saturated carbocycles. The van der Waals surface area contributed by atoms with Crippen molar-refractivity contribution in [2.45, 2.75) is 51.1 Å². The van der Waals surface area contributed by atoms with Gasteiger partial charge < -0.3 is 10.2 Å². The van der Waals surface area contributed by atoms with E-state index in [0.29, 0.717) is 17.6 Å². The summed E-state index contributed by atoms with van der Waals surface area (Å²) >= 11 is 0. The lowest BCUT2D eigenvalue weighted by molar-refractivity contribution is 0.0939. The molecule has 29 heavy (non-hydrogen) atoms. The van der Waals surface area contributed by atoms with Crippen LogP contribution in [0, 0.1) is 5.82 Å². The van der Waals surface area contributed by atoms with Crippen LogP contribution >= 0.6 is 0 Å². The van der Waals surface area contributed by atoms with Crippen molar-refractivity contribution in [3.63, 3.8) is 0 Å². The summed E-state index contributed by atoms with van der Waals surface area (Å²) in [7, 11) is 0. The van der Waals surface area contributed by atoms with E-state index in [1.807, 2.05) is 19.2 Å². The molecule has 1 saturated heterocycles. The van der Waals surface area contributed by atoms with Gasteiger partial charge >= 0.3 is 0 Å². The normalized spacial score (nSPS) is 22.3. The maximum Gasteiger partial charge on any atom is 0.256 e. The lowest BCUT2D eigenvalue weighted by Crippen LogP contribution is -2.32. The third-order valence-electron chi connectivity index (χ3n) is 5.80. The van der Waals surface area contributed by atoms with Crippen molar-refractivity contribution in [1.82, 2.24) is 24.9 Å². The Morgan fingerprint density at radius 2 is 2.10 bits per heavy atom. The average Bonchev–Trinajstić information content (AvgIpc) is 3.33. The fourth-order valence-electron chi connectivity index (χ4n) is 4.36. The fourth-order valence-corrected chi connectivity index (χ4v) is 4.36. The minimum atomic E-state index is -0.246. The maximum absolute atomic E-state index is 14.3. The van der Waals surface area contributed by atoms with Gasteiger partial charge in [-0.2, -0.15) is 5.10 Å². The number of aryl methyl sites for hydroxylation is 1. The maximum atomic E-state index is 14.3. The average molecular weight is 394 g/mol. The number of nitrogens with zero attached hydrogens (tertiary/aromatic N) is 5. The van der Waals surface area contributed by atoms with Crippen LogP contribution in [0.3, 0.4) is 0 Å². The zero-order valence-electron chi connectivity index (χ0n) is 16.3. The molecule has 150 valence electrons. The molecule has 5 rings (SSSR count). The lowest BCUT2D eigenvalue weighted by atomic mass is 10.1. The van der Waals surface area contributed by atoms with Crippen LogP contribution in [-0.2, 0) is 6.42 Å². The highest BCUT2D eigenvalue weighted by molar-refractivity contribution is 5.99. The molecule has 2 aliphatic rings. The molecule has 1 amide bonds. The molecule has 0 aromatic carbocycles. The van der Waals surface area contributed by atoms with Crippen molar-refractivity contribution in [2.75, 3.05) is 11.4 Å². The van der Waals surface area contributed by atoms with E-state index in [0.717, 1.165) is 49.4 Å². The summed E-state index contributed by atoms with van der Waals surface area (Å²) in [5.41, 5.74) is 2.51. The number of pyridine rings is 1. The zero-order valence-corrected chi connectivity index (χ0v) is 16.3. The molecule has 3 aromatic heterocycles. The summed E-state index contributed by atoms with van der Waals surface area (Å²) in [6.45, 7) is 2.79. The van der Waals surface area contributed by atoms with Crippen LogP contribution in [0.5, 0.6) is 0 Å². The number of fused-ring (bicyclic) bond motifs is 6. The number of halogens is 1. The predicted molar refractivity (Wildman–Crippen MR) is 106 cm³/mol. The summed E-state index contributed by atoms with van der Waals surface area (Å²) in [5, 5.41) is 7.30. The van der Waals surface area contributed by atoms with Gasteiger partial charge in [-0.25, -0.2) is 13.9 Å². The monoisotopic (exact) mass is 394 g/mol. The SMILES string of the molecule is C[C@H]1CCCc2cc(F)cc(n2)[C@H]2CCCN2c2ccn3ncc(c3n2)C(=O)N1. The molecule has 0 radical (unpaired) electrons. The van der Waals surface area contributed by atoms with Gasteiger partial charge in [-0.05, 0) is 57.2 Å². The topological polar surface area (TPSA) is 75.4 Å². The minimum Gasteiger partial charge on any atom is -0.349 e. The van der Waals surface area contributed by atoms with Crippen LogP contribution in [-0.4, -0.2) is 38.1 Å². The van der Waals surface area contributed by atoms with Crippen molar-refractivity contribution in [3.05, 3.63) is 53.4 Å². The second kappa shape index (κ2) is 7.09. The molecule has 7 nitrogen and oxygen atoms in total. The van der Waals surface area contributed by atoms with E-state index in [4.69, 9.17) is 9.97 Å².